The Morgan fingerprint density at radius 2 is 1.82 bits per heavy atom. The lowest BCUT2D eigenvalue weighted by atomic mass is 10.0. The Labute approximate surface area is 112 Å². The highest BCUT2D eigenvalue weighted by atomic mass is 79.9. The largest absolute Gasteiger partial charge is 0.349 e. The lowest BCUT2D eigenvalue weighted by Gasteiger charge is -2.19. The standard InChI is InChI=1S/C14H20BrNO/c1-4-10(3)14(17)16-13(5-2)11-6-8-12(15)9-7-11/h6-10,13H,4-5H2,1-3H3,(H,16,17). The van der Waals surface area contributed by atoms with Crippen LogP contribution in [-0.2, 0) is 4.79 Å². The van der Waals surface area contributed by atoms with Crippen molar-refractivity contribution < 1.29 is 4.79 Å². The lowest BCUT2D eigenvalue weighted by molar-refractivity contribution is -0.125. The number of amides is 1. The van der Waals surface area contributed by atoms with E-state index in [2.05, 4.69) is 40.3 Å². The van der Waals surface area contributed by atoms with Crippen molar-refractivity contribution >= 4 is 21.8 Å². The summed E-state index contributed by atoms with van der Waals surface area (Å²) in [4.78, 5) is 11.9. The molecule has 0 bridgehead atoms. The van der Waals surface area contributed by atoms with Gasteiger partial charge in [0.1, 0.15) is 0 Å². The van der Waals surface area contributed by atoms with Crippen molar-refractivity contribution in [2.24, 2.45) is 5.92 Å². The van der Waals surface area contributed by atoms with E-state index in [1.807, 2.05) is 26.0 Å². The molecule has 17 heavy (non-hydrogen) atoms. The summed E-state index contributed by atoms with van der Waals surface area (Å²) in [6.07, 6.45) is 1.78. The van der Waals surface area contributed by atoms with Crippen LogP contribution in [0.4, 0.5) is 0 Å². The summed E-state index contributed by atoms with van der Waals surface area (Å²) in [5.41, 5.74) is 1.16. The van der Waals surface area contributed by atoms with Crippen molar-refractivity contribution in [1.29, 1.82) is 0 Å². The molecule has 2 atom stereocenters. The highest BCUT2D eigenvalue weighted by Crippen LogP contribution is 2.20. The minimum absolute atomic E-state index is 0.0829. The van der Waals surface area contributed by atoms with Gasteiger partial charge in [-0.05, 0) is 30.5 Å². The average Bonchev–Trinajstić information content (AvgIpc) is 2.35. The van der Waals surface area contributed by atoms with Gasteiger partial charge in [0.05, 0.1) is 6.04 Å². The number of carbonyl (C=O) groups is 1. The van der Waals surface area contributed by atoms with E-state index in [1.54, 1.807) is 0 Å². The number of nitrogens with one attached hydrogen (secondary N) is 1. The molecule has 0 heterocycles. The van der Waals surface area contributed by atoms with Gasteiger partial charge in [0.25, 0.3) is 0 Å². The minimum Gasteiger partial charge on any atom is -0.349 e. The quantitative estimate of drug-likeness (QED) is 0.872. The first-order valence-corrected chi connectivity index (χ1v) is 6.93. The molecule has 1 N–H and O–H groups in total. The molecule has 1 rings (SSSR count). The fourth-order valence-electron chi connectivity index (χ4n) is 1.62. The number of halogens is 1. The molecule has 1 aromatic carbocycles. The third-order valence-electron chi connectivity index (χ3n) is 3.06. The molecule has 2 unspecified atom stereocenters. The maximum atomic E-state index is 11.9. The molecule has 1 amide bonds. The zero-order valence-electron chi connectivity index (χ0n) is 10.7. The average molecular weight is 298 g/mol. The van der Waals surface area contributed by atoms with Gasteiger partial charge < -0.3 is 5.32 Å². The molecule has 0 saturated carbocycles. The molecule has 94 valence electrons. The van der Waals surface area contributed by atoms with Gasteiger partial charge in [-0.15, -0.1) is 0 Å². The smallest absolute Gasteiger partial charge is 0.223 e. The first-order valence-electron chi connectivity index (χ1n) is 6.14. The Morgan fingerprint density at radius 1 is 1.24 bits per heavy atom. The van der Waals surface area contributed by atoms with Crippen molar-refractivity contribution in [2.75, 3.05) is 0 Å². The Hall–Kier alpha value is -0.830. The van der Waals surface area contributed by atoms with Crippen LogP contribution in [0, 0.1) is 5.92 Å². The summed E-state index contributed by atoms with van der Waals surface area (Å²) in [5.74, 6) is 0.224. The Kier molecular flexibility index (Phi) is 5.69. The van der Waals surface area contributed by atoms with E-state index < -0.39 is 0 Å². The van der Waals surface area contributed by atoms with Crippen LogP contribution in [-0.4, -0.2) is 5.91 Å². The van der Waals surface area contributed by atoms with Gasteiger partial charge >= 0.3 is 0 Å². The number of hydrogen-bond donors (Lipinski definition) is 1. The topological polar surface area (TPSA) is 29.1 Å². The zero-order valence-corrected chi connectivity index (χ0v) is 12.3. The zero-order chi connectivity index (χ0) is 12.8. The number of hydrogen-bond acceptors (Lipinski definition) is 1. The Morgan fingerprint density at radius 3 is 2.29 bits per heavy atom. The molecular formula is C14H20BrNO. The van der Waals surface area contributed by atoms with E-state index in [0.717, 1.165) is 22.9 Å². The van der Waals surface area contributed by atoms with Gasteiger partial charge in [0.15, 0.2) is 0 Å². The summed E-state index contributed by atoms with van der Waals surface area (Å²) in [6.45, 7) is 6.08. The molecule has 0 aliphatic heterocycles. The molecule has 1 aromatic rings. The molecule has 0 aliphatic rings. The van der Waals surface area contributed by atoms with Gasteiger partial charge in [-0.3, -0.25) is 4.79 Å². The van der Waals surface area contributed by atoms with E-state index in [0.29, 0.717) is 0 Å². The Balaban J connectivity index is 2.72. The summed E-state index contributed by atoms with van der Waals surface area (Å²) in [7, 11) is 0. The second kappa shape index (κ2) is 6.80. The molecule has 0 fully saturated rings. The van der Waals surface area contributed by atoms with Gasteiger partial charge in [0.2, 0.25) is 5.91 Å². The third kappa shape index (κ3) is 4.15. The summed E-state index contributed by atoms with van der Waals surface area (Å²) in [6, 6.07) is 8.23. The Bertz CT molecular complexity index is 361. The molecule has 3 heteroatoms. The fraction of sp³-hybridized carbons (Fsp3) is 0.500. The van der Waals surface area contributed by atoms with Crippen molar-refractivity contribution in [1.82, 2.24) is 5.32 Å². The predicted molar refractivity (Wildman–Crippen MR) is 74.8 cm³/mol. The summed E-state index contributed by atoms with van der Waals surface area (Å²) in [5, 5.41) is 3.10. The number of benzene rings is 1. The molecule has 0 aromatic heterocycles. The van der Waals surface area contributed by atoms with Crippen LogP contribution in [0.1, 0.15) is 45.2 Å². The van der Waals surface area contributed by atoms with Crippen LogP contribution in [0.2, 0.25) is 0 Å². The van der Waals surface area contributed by atoms with E-state index >= 15 is 0 Å². The van der Waals surface area contributed by atoms with Crippen LogP contribution >= 0.6 is 15.9 Å². The van der Waals surface area contributed by atoms with Gasteiger partial charge in [-0.1, -0.05) is 48.8 Å². The van der Waals surface area contributed by atoms with Crippen molar-refractivity contribution in [3.8, 4) is 0 Å². The van der Waals surface area contributed by atoms with E-state index in [9.17, 15) is 4.79 Å². The van der Waals surface area contributed by atoms with Crippen LogP contribution < -0.4 is 5.32 Å². The molecule has 0 saturated heterocycles. The van der Waals surface area contributed by atoms with Crippen molar-refractivity contribution in [3.63, 3.8) is 0 Å². The number of rotatable bonds is 5. The van der Waals surface area contributed by atoms with Gasteiger partial charge in [0, 0.05) is 10.4 Å². The van der Waals surface area contributed by atoms with Crippen LogP contribution in [0.25, 0.3) is 0 Å². The van der Waals surface area contributed by atoms with E-state index in [-0.39, 0.29) is 17.9 Å². The second-order valence-electron chi connectivity index (χ2n) is 4.33. The first kappa shape index (κ1) is 14.2. The van der Waals surface area contributed by atoms with E-state index in [4.69, 9.17) is 0 Å². The summed E-state index contributed by atoms with van der Waals surface area (Å²) >= 11 is 3.41. The molecule has 2 nitrogen and oxygen atoms in total. The van der Waals surface area contributed by atoms with Crippen LogP contribution in [0.3, 0.4) is 0 Å². The van der Waals surface area contributed by atoms with Crippen LogP contribution in [0.5, 0.6) is 0 Å². The second-order valence-corrected chi connectivity index (χ2v) is 5.25. The normalized spacial score (nSPS) is 14.1. The molecule has 0 radical (unpaired) electrons. The minimum atomic E-state index is 0.0829. The summed E-state index contributed by atoms with van der Waals surface area (Å²) < 4.78 is 1.06. The number of carbonyl (C=O) groups excluding carboxylic acids is 1. The maximum Gasteiger partial charge on any atom is 0.223 e. The fourth-order valence-corrected chi connectivity index (χ4v) is 1.88. The van der Waals surface area contributed by atoms with Gasteiger partial charge in [-0.25, -0.2) is 0 Å². The SMILES string of the molecule is CCC(C)C(=O)NC(CC)c1ccc(Br)cc1. The third-order valence-corrected chi connectivity index (χ3v) is 3.59. The highest BCUT2D eigenvalue weighted by molar-refractivity contribution is 9.10. The van der Waals surface area contributed by atoms with E-state index in [1.165, 1.54) is 0 Å². The monoisotopic (exact) mass is 297 g/mol. The predicted octanol–water partition coefficient (Wildman–Crippen LogP) is 4.06. The van der Waals surface area contributed by atoms with Crippen LogP contribution in [0.15, 0.2) is 28.7 Å². The highest BCUT2D eigenvalue weighted by Gasteiger charge is 2.16. The molecule has 0 aliphatic carbocycles. The lowest BCUT2D eigenvalue weighted by Crippen LogP contribution is -2.32. The van der Waals surface area contributed by atoms with Crippen molar-refractivity contribution in [2.45, 2.75) is 39.7 Å². The maximum absolute atomic E-state index is 11.9. The molecule has 0 spiro atoms. The van der Waals surface area contributed by atoms with Gasteiger partial charge in [-0.2, -0.15) is 0 Å². The van der Waals surface area contributed by atoms with Crippen molar-refractivity contribution in [3.05, 3.63) is 34.3 Å². The first-order chi connectivity index (χ1) is 8.08. The molecular weight excluding hydrogens is 278 g/mol.